The van der Waals surface area contributed by atoms with Gasteiger partial charge in [-0.25, -0.2) is 27.3 Å². The summed E-state index contributed by atoms with van der Waals surface area (Å²) >= 11 is 0. The minimum Gasteiger partial charge on any atom is -0.478 e. The minimum atomic E-state index is -4.14. The molecule has 0 aliphatic rings. The number of oxazole rings is 1. The van der Waals surface area contributed by atoms with Crippen LogP contribution in [0.25, 0.3) is 0 Å². The zero-order valence-corrected chi connectivity index (χ0v) is 11.6. The molecular formula is C12H11FN2O5S. The molecule has 0 bridgehead atoms. The molecule has 2 rings (SSSR count). The smallest absolute Gasteiger partial charge is 0.335 e. The minimum absolute atomic E-state index is 0.138. The largest absolute Gasteiger partial charge is 0.478 e. The predicted octanol–water partition coefficient (Wildman–Crippen LogP) is 1.30. The third-order valence-electron chi connectivity index (χ3n) is 2.55. The molecule has 0 radical (unpaired) electrons. The van der Waals surface area contributed by atoms with Gasteiger partial charge >= 0.3 is 5.97 Å². The molecule has 9 heteroatoms. The van der Waals surface area contributed by atoms with Gasteiger partial charge in [-0.2, -0.15) is 0 Å². The first-order valence-electron chi connectivity index (χ1n) is 5.73. The van der Waals surface area contributed by atoms with Gasteiger partial charge in [0.2, 0.25) is 15.9 Å². The van der Waals surface area contributed by atoms with E-state index in [2.05, 4.69) is 9.71 Å². The van der Waals surface area contributed by atoms with Crippen LogP contribution < -0.4 is 4.72 Å². The molecule has 0 aliphatic carbocycles. The van der Waals surface area contributed by atoms with Gasteiger partial charge in [0.15, 0.2) is 0 Å². The molecule has 1 heterocycles. The number of aryl methyl sites for hydroxylation is 1. The van der Waals surface area contributed by atoms with Crippen molar-refractivity contribution in [2.24, 2.45) is 0 Å². The van der Waals surface area contributed by atoms with Crippen molar-refractivity contribution in [2.75, 3.05) is 0 Å². The van der Waals surface area contributed by atoms with Crippen LogP contribution in [0.1, 0.15) is 22.0 Å². The Bertz CT molecular complexity index is 785. The number of aromatic nitrogens is 1. The number of hydrogen-bond acceptors (Lipinski definition) is 5. The SMILES string of the molecule is Cc1cnc(CNS(=O)(=O)c2ccc(C(=O)O)cc2F)o1. The predicted molar refractivity (Wildman–Crippen MR) is 68.6 cm³/mol. The summed E-state index contributed by atoms with van der Waals surface area (Å²) in [5.41, 5.74) is -0.338. The van der Waals surface area contributed by atoms with Crippen LogP contribution in [0.3, 0.4) is 0 Å². The maximum atomic E-state index is 13.7. The number of sulfonamides is 1. The van der Waals surface area contributed by atoms with Gasteiger partial charge in [-0.15, -0.1) is 0 Å². The van der Waals surface area contributed by atoms with E-state index < -0.39 is 26.7 Å². The Morgan fingerprint density at radius 2 is 2.19 bits per heavy atom. The van der Waals surface area contributed by atoms with Gasteiger partial charge in [0, 0.05) is 0 Å². The van der Waals surface area contributed by atoms with E-state index in [9.17, 15) is 17.6 Å². The maximum Gasteiger partial charge on any atom is 0.335 e. The number of carboxylic acids is 1. The van der Waals surface area contributed by atoms with Gasteiger partial charge in [0.25, 0.3) is 0 Å². The van der Waals surface area contributed by atoms with Crippen molar-refractivity contribution < 1.29 is 27.1 Å². The van der Waals surface area contributed by atoms with Crippen molar-refractivity contribution in [1.82, 2.24) is 9.71 Å². The number of rotatable bonds is 5. The van der Waals surface area contributed by atoms with Gasteiger partial charge in [-0.3, -0.25) is 0 Å². The highest BCUT2D eigenvalue weighted by molar-refractivity contribution is 7.89. The number of carboxylic acid groups (broad SMARTS) is 1. The van der Waals surface area contributed by atoms with E-state index in [1.165, 1.54) is 6.20 Å². The summed E-state index contributed by atoms with van der Waals surface area (Å²) in [6.07, 6.45) is 1.42. The normalized spacial score (nSPS) is 11.5. The van der Waals surface area contributed by atoms with Crippen LogP contribution in [0.2, 0.25) is 0 Å². The zero-order valence-electron chi connectivity index (χ0n) is 10.8. The van der Waals surface area contributed by atoms with Crippen molar-refractivity contribution in [2.45, 2.75) is 18.4 Å². The third-order valence-corrected chi connectivity index (χ3v) is 3.99. The van der Waals surface area contributed by atoms with Crippen LogP contribution in [-0.4, -0.2) is 24.5 Å². The number of carbonyl (C=O) groups is 1. The summed E-state index contributed by atoms with van der Waals surface area (Å²) in [5, 5.41) is 8.70. The Morgan fingerprint density at radius 1 is 1.48 bits per heavy atom. The van der Waals surface area contributed by atoms with E-state index in [0.29, 0.717) is 11.8 Å². The Labute approximate surface area is 119 Å². The first-order valence-corrected chi connectivity index (χ1v) is 7.22. The van der Waals surface area contributed by atoms with Crippen molar-refractivity contribution >= 4 is 16.0 Å². The van der Waals surface area contributed by atoms with Gasteiger partial charge in [-0.1, -0.05) is 0 Å². The van der Waals surface area contributed by atoms with Crippen LogP contribution in [-0.2, 0) is 16.6 Å². The molecule has 0 unspecified atom stereocenters. The van der Waals surface area contributed by atoms with Crippen molar-refractivity contribution in [3.05, 3.63) is 47.4 Å². The average molecular weight is 314 g/mol. The lowest BCUT2D eigenvalue weighted by Crippen LogP contribution is -2.24. The number of hydrogen-bond donors (Lipinski definition) is 2. The summed E-state index contributed by atoms with van der Waals surface area (Å²) in [7, 11) is -4.14. The lowest BCUT2D eigenvalue weighted by molar-refractivity contribution is 0.0696. The zero-order chi connectivity index (χ0) is 15.6. The van der Waals surface area contributed by atoms with E-state index in [4.69, 9.17) is 9.52 Å². The molecule has 0 saturated carbocycles. The van der Waals surface area contributed by atoms with E-state index >= 15 is 0 Å². The lowest BCUT2D eigenvalue weighted by atomic mass is 10.2. The number of nitrogens with zero attached hydrogens (tertiary/aromatic N) is 1. The van der Waals surface area contributed by atoms with Gasteiger partial charge in [-0.05, 0) is 25.1 Å². The maximum absolute atomic E-state index is 13.7. The quantitative estimate of drug-likeness (QED) is 0.861. The van der Waals surface area contributed by atoms with Gasteiger partial charge in [0.05, 0.1) is 18.3 Å². The molecule has 1 aromatic carbocycles. The van der Waals surface area contributed by atoms with Gasteiger partial charge in [0.1, 0.15) is 16.5 Å². The molecule has 1 aromatic heterocycles. The average Bonchev–Trinajstić information content (AvgIpc) is 2.82. The molecular weight excluding hydrogens is 303 g/mol. The molecule has 112 valence electrons. The lowest BCUT2D eigenvalue weighted by Gasteiger charge is -2.06. The molecule has 0 fully saturated rings. The number of halogens is 1. The summed E-state index contributed by atoms with van der Waals surface area (Å²) in [4.78, 5) is 13.8. The molecule has 0 saturated heterocycles. The molecule has 0 atom stereocenters. The summed E-state index contributed by atoms with van der Waals surface area (Å²) in [6.45, 7) is 1.41. The Morgan fingerprint density at radius 3 is 2.71 bits per heavy atom. The standard InChI is InChI=1S/C12H11FN2O5S/c1-7-5-14-11(20-7)6-15-21(18,19)10-3-2-8(12(16)17)4-9(10)13/h2-5,15H,6H2,1H3,(H,16,17). The van der Waals surface area contributed by atoms with E-state index in [1.807, 2.05) is 0 Å². The molecule has 0 aliphatic heterocycles. The second-order valence-electron chi connectivity index (χ2n) is 4.14. The third kappa shape index (κ3) is 3.44. The molecule has 7 nitrogen and oxygen atoms in total. The first-order chi connectivity index (χ1) is 9.79. The van der Waals surface area contributed by atoms with Gasteiger partial charge < -0.3 is 9.52 Å². The van der Waals surface area contributed by atoms with Crippen LogP contribution >= 0.6 is 0 Å². The highest BCUT2D eigenvalue weighted by atomic mass is 32.2. The van der Waals surface area contributed by atoms with Crippen LogP contribution in [0.5, 0.6) is 0 Å². The van der Waals surface area contributed by atoms with Crippen molar-refractivity contribution in [3.63, 3.8) is 0 Å². The molecule has 0 spiro atoms. The van der Waals surface area contributed by atoms with Crippen molar-refractivity contribution in [3.8, 4) is 0 Å². The summed E-state index contributed by atoms with van der Waals surface area (Å²) < 4.78 is 44.8. The van der Waals surface area contributed by atoms with E-state index in [0.717, 1.165) is 12.1 Å². The number of benzene rings is 1. The highest BCUT2D eigenvalue weighted by Gasteiger charge is 2.21. The molecule has 2 aromatic rings. The molecule has 0 amide bonds. The van der Waals surface area contributed by atoms with Crippen LogP contribution in [0, 0.1) is 12.7 Å². The first kappa shape index (κ1) is 15.1. The topological polar surface area (TPSA) is 110 Å². The van der Waals surface area contributed by atoms with Crippen LogP contribution in [0.4, 0.5) is 4.39 Å². The number of nitrogens with one attached hydrogen (secondary N) is 1. The number of aromatic carboxylic acids is 1. The fourth-order valence-electron chi connectivity index (χ4n) is 1.57. The van der Waals surface area contributed by atoms with E-state index in [1.54, 1.807) is 6.92 Å². The fourth-order valence-corrected chi connectivity index (χ4v) is 2.60. The highest BCUT2D eigenvalue weighted by Crippen LogP contribution is 2.16. The summed E-state index contributed by atoms with van der Waals surface area (Å²) in [6, 6.07) is 2.55. The Balaban J connectivity index is 2.21. The Hall–Kier alpha value is -2.26. The fraction of sp³-hybridized carbons (Fsp3) is 0.167. The molecule has 21 heavy (non-hydrogen) atoms. The van der Waals surface area contributed by atoms with E-state index in [-0.39, 0.29) is 18.0 Å². The van der Waals surface area contributed by atoms with Crippen LogP contribution in [0.15, 0.2) is 33.7 Å². The second kappa shape index (κ2) is 5.62. The van der Waals surface area contributed by atoms with Crippen molar-refractivity contribution in [1.29, 1.82) is 0 Å². The monoisotopic (exact) mass is 314 g/mol. The molecule has 2 N–H and O–H groups in total. The summed E-state index contributed by atoms with van der Waals surface area (Å²) in [5.74, 6) is -1.84. The Kier molecular flexibility index (Phi) is 4.05. The second-order valence-corrected chi connectivity index (χ2v) is 5.87.